The van der Waals surface area contributed by atoms with Crippen molar-refractivity contribution < 1.29 is 4.92 Å². The van der Waals surface area contributed by atoms with E-state index in [9.17, 15) is 10.1 Å². The first-order valence-corrected chi connectivity index (χ1v) is 7.96. The Bertz CT molecular complexity index is 715. The Morgan fingerprint density at radius 2 is 1.88 bits per heavy atom. The fourth-order valence-electron chi connectivity index (χ4n) is 2.82. The van der Waals surface area contributed by atoms with Gasteiger partial charge in [0.1, 0.15) is 18.0 Å². The number of anilines is 3. The highest BCUT2D eigenvalue weighted by atomic mass is 16.6. The van der Waals surface area contributed by atoms with Gasteiger partial charge in [-0.2, -0.15) is 0 Å². The highest BCUT2D eigenvalue weighted by Crippen LogP contribution is 2.23. The quantitative estimate of drug-likeness (QED) is 0.570. The van der Waals surface area contributed by atoms with Crippen molar-refractivity contribution >= 4 is 23.0 Å². The molecule has 8 heteroatoms. The van der Waals surface area contributed by atoms with Gasteiger partial charge in [-0.1, -0.05) is 6.07 Å². The largest absolute Gasteiger partial charge is 0.367 e. The maximum absolute atomic E-state index is 10.8. The number of nitrogens with two attached hydrogens (primary N) is 1. The molecule has 0 saturated heterocycles. The minimum Gasteiger partial charge on any atom is -0.367 e. The van der Waals surface area contributed by atoms with E-state index in [2.05, 4.69) is 20.6 Å². The van der Waals surface area contributed by atoms with E-state index in [1.165, 1.54) is 18.5 Å². The molecular weight excluding hydrogens is 308 g/mol. The van der Waals surface area contributed by atoms with Gasteiger partial charge in [-0.3, -0.25) is 10.1 Å². The third-order valence-corrected chi connectivity index (χ3v) is 4.12. The van der Waals surface area contributed by atoms with Gasteiger partial charge in [0.25, 0.3) is 5.69 Å². The summed E-state index contributed by atoms with van der Waals surface area (Å²) in [6.45, 7) is 0. The van der Waals surface area contributed by atoms with Crippen molar-refractivity contribution in [2.75, 3.05) is 10.6 Å². The molecular formula is C16H20N6O2. The molecule has 1 aliphatic carbocycles. The number of nitrogens with zero attached hydrogens (tertiary/aromatic N) is 3. The van der Waals surface area contributed by atoms with Crippen molar-refractivity contribution in [1.29, 1.82) is 0 Å². The van der Waals surface area contributed by atoms with Crippen LogP contribution in [0.4, 0.5) is 23.0 Å². The summed E-state index contributed by atoms with van der Waals surface area (Å²) in [6.07, 6.45) is 5.55. The minimum atomic E-state index is -0.425. The first-order chi connectivity index (χ1) is 11.6. The zero-order chi connectivity index (χ0) is 16.9. The highest BCUT2D eigenvalue weighted by molar-refractivity contribution is 5.61. The molecule has 0 atom stereocenters. The lowest BCUT2D eigenvalue weighted by molar-refractivity contribution is -0.384. The molecule has 0 radical (unpaired) electrons. The smallest absolute Gasteiger partial charge is 0.271 e. The van der Waals surface area contributed by atoms with Gasteiger partial charge in [0.05, 0.1) is 4.92 Å². The molecule has 0 aliphatic heterocycles. The van der Waals surface area contributed by atoms with Gasteiger partial charge < -0.3 is 16.4 Å². The maximum atomic E-state index is 10.8. The fraction of sp³-hybridized carbons (Fsp3) is 0.375. The van der Waals surface area contributed by atoms with Gasteiger partial charge in [0.15, 0.2) is 0 Å². The van der Waals surface area contributed by atoms with Crippen molar-refractivity contribution in [3.8, 4) is 0 Å². The number of hydrogen-bond donors (Lipinski definition) is 3. The molecule has 0 spiro atoms. The molecule has 126 valence electrons. The fourth-order valence-corrected chi connectivity index (χ4v) is 2.82. The van der Waals surface area contributed by atoms with E-state index < -0.39 is 4.92 Å². The number of nitro benzene ring substituents is 1. The molecule has 1 aromatic heterocycles. The van der Waals surface area contributed by atoms with E-state index in [4.69, 9.17) is 5.73 Å². The van der Waals surface area contributed by atoms with E-state index in [0.29, 0.717) is 23.6 Å². The Balaban J connectivity index is 1.67. The van der Waals surface area contributed by atoms with E-state index in [0.717, 1.165) is 31.5 Å². The van der Waals surface area contributed by atoms with Crippen LogP contribution >= 0.6 is 0 Å². The predicted molar refractivity (Wildman–Crippen MR) is 92.3 cm³/mol. The van der Waals surface area contributed by atoms with Crippen molar-refractivity contribution in [2.45, 2.75) is 37.8 Å². The Labute approximate surface area is 139 Å². The first kappa shape index (κ1) is 16.1. The molecule has 4 N–H and O–H groups in total. The molecule has 1 aliphatic rings. The molecule has 1 aromatic carbocycles. The maximum Gasteiger partial charge on any atom is 0.271 e. The van der Waals surface area contributed by atoms with Gasteiger partial charge >= 0.3 is 0 Å². The lowest BCUT2D eigenvalue weighted by atomic mass is 9.92. The molecule has 0 unspecified atom stereocenters. The van der Waals surface area contributed by atoms with E-state index in [1.54, 1.807) is 18.2 Å². The number of hydrogen-bond acceptors (Lipinski definition) is 7. The van der Waals surface area contributed by atoms with Crippen LogP contribution < -0.4 is 16.4 Å². The van der Waals surface area contributed by atoms with Crippen molar-refractivity contribution in [1.82, 2.24) is 9.97 Å². The second-order valence-corrected chi connectivity index (χ2v) is 5.98. The van der Waals surface area contributed by atoms with Crippen molar-refractivity contribution in [2.24, 2.45) is 5.73 Å². The number of nitro groups is 1. The number of aromatic nitrogens is 2. The number of rotatable bonds is 5. The normalized spacial score (nSPS) is 20.4. The first-order valence-electron chi connectivity index (χ1n) is 7.96. The van der Waals surface area contributed by atoms with Gasteiger partial charge in [-0.15, -0.1) is 0 Å². The van der Waals surface area contributed by atoms with Gasteiger partial charge in [0, 0.05) is 36.0 Å². The van der Waals surface area contributed by atoms with Crippen LogP contribution in [0, 0.1) is 10.1 Å². The number of nitrogens with one attached hydrogen (secondary N) is 2. The standard InChI is InChI=1S/C16H20N6O2/c17-11-4-6-12(7-5-11)20-15-9-16(19-10-18-15)21-13-2-1-3-14(8-13)22(23)24/h1-3,8-12H,4-7,17H2,(H2,18,19,20,21). The Morgan fingerprint density at radius 3 is 2.62 bits per heavy atom. The molecule has 1 saturated carbocycles. The summed E-state index contributed by atoms with van der Waals surface area (Å²) in [5.41, 5.74) is 6.56. The highest BCUT2D eigenvalue weighted by Gasteiger charge is 2.18. The van der Waals surface area contributed by atoms with Crippen LogP contribution in [0.3, 0.4) is 0 Å². The lowest BCUT2D eigenvalue weighted by Crippen LogP contribution is -2.33. The molecule has 0 bridgehead atoms. The summed E-state index contributed by atoms with van der Waals surface area (Å²) in [6, 6.07) is 8.78. The van der Waals surface area contributed by atoms with Gasteiger partial charge in [0.2, 0.25) is 0 Å². The van der Waals surface area contributed by atoms with Gasteiger partial charge in [-0.25, -0.2) is 9.97 Å². The van der Waals surface area contributed by atoms with Gasteiger partial charge in [-0.05, 0) is 31.7 Å². The number of benzene rings is 1. The average molecular weight is 328 g/mol. The molecule has 1 heterocycles. The van der Waals surface area contributed by atoms with Crippen molar-refractivity contribution in [3.05, 3.63) is 46.8 Å². The second kappa shape index (κ2) is 7.22. The van der Waals surface area contributed by atoms with E-state index >= 15 is 0 Å². The van der Waals surface area contributed by atoms with Crippen LogP contribution in [0.15, 0.2) is 36.7 Å². The average Bonchev–Trinajstić information content (AvgIpc) is 2.57. The summed E-state index contributed by atoms with van der Waals surface area (Å²) < 4.78 is 0. The third-order valence-electron chi connectivity index (χ3n) is 4.12. The van der Waals surface area contributed by atoms with Crippen LogP contribution in [-0.2, 0) is 0 Å². The summed E-state index contributed by atoms with van der Waals surface area (Å²) in [5.74, 6) is 1.32. The monoisotopic (exact) mass is 328 g/mol. The third kappa shape index (κ3) is 4.17. The van der Waals surface area contributed by atoms with Crippen molar-refractivity contribution in [3.63, 3.8) is 0 Å². The number of non-ortho nitro benzene ring substituents is 1. The molecule has 3 rings (SSSR count). The summed E-state index contributed by atoms with van der Waals surface area (Å²) in [4.78, 5) is 18.8. The Morgan fingerprint density at radius 1 is 1.12 bits per heavy atom. The second-order valence-electron chi connectivity index (χ2n) is 5.98. The van der Waals surface area contributed by atoms with Crippen LogP contribution in [0.2, 0.25) is 0 Å². The SMILES string of the molecule is NC1CCC(Nc2cc(Nc3cccc([N+](=O)[O-])c3)ncn2)CC1. The zero-order valence-corrected chi connectivity index (χ0v) is 13.2. The molecule has 2 aromatic rings. The Kier molecular flexibility index (Phi) is 4.85. The predicted octanol–water partition coefficient (Wildman–Crippen LogP) is 2.81. The summed E-state index contributed by atoms with van der Waals surface area (Å²) in [7, 11) is 0. The lowest BCUT2D eigenvalue weighted by Gasteiger charge is -2.27. The molecule has 24 heavy (non-hydrogen) atoms. The van der Waals surface area contributed by atoms with Crippen LogP contribution in [0.25, 0.3) is 0 Å². The summed E-state index contributed by atoms with van der Waals surface area (Å²) in [5, 5.41) is 17.3. The van der Waals surface area contributed by atoms with Crippen LogP contribution in [0.5, 0.6) is 0 Å². The van der Waals surface area contributed by atoms with Crippen LogP contribution in [-0.4, -0.2) is 27.0 Å². The van der Waals surface area contributed by atoms with Crippen LogP contribution in [0.1, 0.15) is 25.7 Å². The summed E-state index contributed by atoms with van der Waals surface area (Å²) >= 11 is 0. The minimum absolute atomic E-state index is 0.0333. The van der Waals surface area contributed by atoms with E-state index in [1.807, 2.05) is 0 Å². The molecule has 1 fully saturated rings. The topological polar surface area (TPSA) is 119 Å². The Hall–Kier alpha value is -2.74. The van der Waals surface area contributed by atoms with E-state index in [-0.39, 0.29) is 5.69 Å². The molecule has 8 nitrogen and oxygen atoms in total. The zero-order valence-electron chi connectivity index (χ0n) is 13.2. The molecule has 0 amide bonds.